The smallest absolute Gasteiger partial charge is 0.148 e. The fraction of sp³-hybridized carbons (Fsp3) is 0.323. The highest BCUT2D eigenvalue weighted by Gasteiger charge is 2.40. The third-order valence-electron chi connectivity index (χ3n) is 6.71. The molecule has 3 aromatic rings. The van der Waals surface area contributed by atoms with Crippen LogP contribution >= 0.6 is 11.3 Å². The number of carbonyl (C=O) groups is 1. The van der Waals surface area contributed by atoms with Crippen molar-refractivity contribution < 1.29 is 4.79 Å². The quantitative estimate of drug-likeness (QED) is 0.247. The lowest BCUT2D eigenvalue weighted by molar-refractivity contribution is -0.124. The molecule has 0 bridgehead atoms. The summed E-state index contributed by atoms with van der Waals surface area (Å²) in [6, 6.07) is 18.9. The Kier molecular flexibility index (Phi) is 7.45. The van der Waals surface area contributed by atoms with E-state index in [1.807, 2.05) is 32.0 Å². The third kappa shape index (κ3) is 5.21. The highest BCUT2D eigenvalue weighted by atomic mass is 32.1. The summed E-state index contributed by atoms with van der Waals surface area (Å²) in [7, 11) is 0. The van der Waals surface area contributed by atoms with Crippen LogP contribution in [0.25, 0.3) is 11.1 Å². The first kappa shape index (κ1) is 24.7. The molecule has 0 fully saturated rings. The summed E-state index contributed by atoms with van der Waals surface area (Å²) in [5.74, 6) is 2.91. The molecule has 1 nitrogen and oxygen atoms in total. The van der Waals surface area contributed by atoms with Gasteiger partial charge in [-0.2, -0.15) is 0 Å². The van der Waals surface area contributed by atoms with Crippen LogP contribution in [0.3, 0.4) is 0 Å². The van der Waals surface area contributed by atoms with Crippen molar-refractivity contribution >= 4 is 17.1 Å². The van der Waals surface area contributed by atoms with Crippen molar-refractivity contribution in [3.8, 4) is 23.5 Å². The number of hydrogen-bond donors (Lipinski definition) is 0. The van der Waals surface area contributed by atoms with Crippen LogP contribution in [0.4, 0.5) is 0 Å². The van der Waals surface area contributed by atoms with Crippen LogP contribution in [0.2, 0.25) is 0 Å². The molecule has 3 rings (SSSR count). The Labute approximate surface area is 203 Å². The normalized spacial score (nSPS) is 13.4. The lowest BCUT2D eigenvalue weighted by Crippen LogP contribution is -2.35. The summed E-state index contributed by atoms with van der Waals surface area (Å²) in [5, 5.41) is 2.16. The first-order valence-corrected chi connectivity index (χ1v) is 12.4. The first-order valence-electron chi connectivity index (χ1n) is 11.5. The van der Waals surface area contributed by atoms with E-state index in [0.717, 1.165) is 27.8 Å². The van der Waals surface area contributed by atoms with E-state index >= 15 is 0 Å². The van der Waals surface area contributed by atoms with Crippen LogP contribution in [-0.4, -0.2) is 5.78 Å². The molecule has 0 saturated heterocycles. The van der Waals surface area contributed by atoms with E-state index in [9.17, 15) is 4.79 Å². The molecule has 33 heavy (non-hydrogen) atoms. The van der Waals surface area contributed by atoms with Gasteiger partial charge in [-0.3, -0.25) is 4.79 Å². The zero-order valence-electron chi connectivity index (χ0n) is 20.6. The number of ketones is 1. The zero-order valence-corrected chi connectivity index (χ0v) is 21.4. The van der Waals surface area contributed by atoms with Gasteiger partial charge in [0.25, 0.3) is 0 Å². The van der Waals surface area contributed by atoms with E-state index in [0.29, 0.717) is 5.92 Å². The average Bonchev–Trinajstić information content (AvgIpc) is 3.30. The second-order valence-corrected chi connectivity index (χ2v) is 10.8. The summed E-state index contributed by atoms with van der Waals surface area (Å²) in [6.07, 6.45) is 5.60. The molecule has 1 heterocycles. The topological polar surface area (TPSA) is 17.1 Å². The Morgan fingerprint density at radius 2 is 1.64 bits per heavy atom. The van der Waals surface area contributed by atoms with Gasteiger partial charge in [0.1, 0.15) is 5.78 Å². The minimum absolute atomic E-state index is 0.203. The lowest BCUT2D eigenvalue weighted by Gasteiger charge is -2.35. The van der Waals surface area contributed by atoms with E-state index in [2.05, 4.69) is 82.0 Å². The van der Waals surface area contributed by atoms with Crippen LogP contribution in [0.1, 0.15) is 74.9 Å². The van der Waals surface area contributed by atoms with Gasteiger partial charge in [0.2, 0.25) is 0 Å². The van der Waals surface area contributed by atoms with Crippen LogP contribution in [0.5, 0.6) is 0 Å². The van der Waals surface area contributed by atoms with Crippen molar-refractivity contribution in [2.75, 3.05) is 0 Å². The second-order valence-electron chi connectivity index (χ2n) is 9.87. The standard InChI is InChI=1S/C31H34OS/c1-9-23-11-10-12-26(17-23)27-18-28(33-19-27)31(7,8)29(30(32)22(6)20(2)3)25-15-13-24(14-16-25)21(4)5/h1,10-19,21-22,29H,2H2,3-8H3/t22?,29-/m0/s1. The lowest BCUT2D eigenvalue weighted by atomic mass is 9.68. The Morgan fingerprint density at radius 1 is 1.00 bits per heavy atom. The number of allylic oxidation sites excluding steroid dienone is 1. The second kappa shape index (κ2) is 9.94. The predicted octanol–water partition coefficient (Wildman–Crippen LogP) is 8.36. The summed E-state index contributed by atoms with van der Waals surface area (Å²) in [6.45, 7) is 16.7. The monoisotopic (exact) mass is 454 g/mol. The van der Waals surface area contributed by atoms with E-state index in [4.69, 9.17) is 6.42 Å². The Balaban J connectivity index is 2.07. The molecule has 170 valence electrons. The molecule has 0 N–H and O–H groups in total. The summed E-state index contributed by atoms with van der Waals surface area (Å²) < 4.78 is 0. The van der Waals surface area contributed by atoms with Gasteiger partial charge in [-0.1, -0.05) is 89.1 Å². The van der Waals surface area contributed by atoms with Crippen molar-refractivity contribution in [3.63, 3.8) is 0 Å². The highest BCUT2D eigenvalue weighted by Crippen LogP contribution is 2.45. The molecule has 0 aliphatic carbocycles. The number of rotatable bonds is 8. The molecule has 1 aromatic heterocycles. The summed E-state index contributed by atoms with van der Waals surface area (Å²) in [5.41, 5.74) is 5.96. The summed E-state index contributed by atoms with van der Waals surface area (Å²) >= 11 is 1.71. The Morgan fingerprint density at radius 3 is 2.21 bits per heavy atom. The largest absolute Gasteiger partial charge is 0.298 e. The minimum atomic E-state index is -0.382. The molecule has 0 amide bonds. The fourth-order valence-corrected chi connectivity index (χ4v) is 5.33. The van der Waals surface area contributed by atoms with E-state index in [1.54, 1.807) is 11.3 Å². The fourth-order valence-electron chi connectivity index (χ4n) is 4.26. The predicted molar refractivity (Wildman–Crippen MR) is 143 cm³/mol. The van der Waals surface area contributed by atoms with Gasteiger partial charge in [0.05, 0.1) is 5.92 Å². The van der Waals surface area contributed by atoms with Crippen molar-refractivity contribution in [3.05, 3.63) is 93.7 Å². The van der Waals surface area contributed by atoms with Crippen LogP contribution in [-0.2, 0) is 10.2 Å². The molecule has 0 spiro atoms. The molecule has 2 atom stereocenters. The van der Waals surface area contributed by atoms with Crippen molar-refractivity contribution in [2.24, 2.45) is 5.92 Å². The minimum Gasteiger partial charge on any atom is -0.298 e. The molecular weight excluding hydrogens is 420 g/mol. The van der Waals surface area contributed by atoms with E-state index in [-0.39, 0.29) is 23.0 Å². The Bertz CT molecular complexity index is 1180. The average molecular weight is 455 g/mol. The maximum atomic E-state index is 13.8. The van der Waals surface area contributed by atoms with Gasteiger partial charge >= 0.3 is 0 Å². The van der Waals surface area contributed by atoms with Crippen LogP contribution < -0.4 is 0 Å². The van der Waals surface area contributed by atoms with Gasteiger partial charge in [-0.25, -0.2) is 0 Å². The van der Waals surface area contributed by atoms with Crippen molar-refractivity contribution in [1.29, 1.82) is 0 Å². The highest BCUT2D eigenvalue weighted by molar-refractivity contribution is 7.10. The third-order valence-corrected chi connectivity index (χ3v) is 7.98. The van der Waals surface area contributed by atoms with Gasteiger partial charge in [0.15, 0.2) is 0 Å². The maximum Gasteiger partial charge on any atom is 0.148 e. The first-order chi connectivity index (χ1) is 15.6. The molecule has 2 heteroatoms. The van der Waals surface area contributed by atoms with E-state index in [1.165, 1.54) is 10.4 Å². The maximum absolute atomic E-state index is 13.8. The molecule has 0 radical (unpaired) electrons. The molecule has 2 aromatic carbocycles. The number of hydrogen-bond acceptors (Lipinski definition) is 2. The van der Waals surface area contributed by atoms with Gasteiger partial charge in [0, 0.05) is 21.8 Å². The van der Waals surface area contributed by atoms with Crippen molar-refractivity contribution in [1.82, 2.24) is 0 Å². The van der Waals surface area contributed by atoms with Gasteiger partial charge in [-0.05, 0) is 58.7 Å². The molecular formula is C31H34OS. The molecule has 0 aliphatic heterocycles. The van der Waals surface area contributed by atoms with Crippen LogP contribution in [0, 0.1) is 18.3 Å². The number of benzene rings is 2. The van der Waals surface area contributed by atoms with E-state index < -0.39 is 0 Å². The Hall–Kier alpha value is -2.89. The van der Waals surface area contributed by atoms with Crippen molar-refractivity contribution in [2.45, 2.75) is 58.8 Å². The van der Waals surface area contributed by atoms with Gasteiger partial charge < -0.3 is 0 Å². The number of terminal acetylenes is 1. The van der Waals surface area contributed by atoms with Crippen LogP contribution in [0.15, 0.2) is 72.1 Å². The SMILES string of the molecule is C#Cc1cccc(-c2csc(C(C)(C)[C@H](C(=O)C(C)C(=C)C)c3ccc(C(C)C)cc3)c2)c1. The summed E-state index contributed by atoms with van der Waals surface area (Å²) in [4.78, 5) is 15.0. The number of thiophene rings is 1. The number of carbonyl (C=O) groups excluding carboxylic acids is 1. The molecule has 0 saturated carbocycles. The number of Topliss-reactive ketones (excluding diaryl/α,β-unsaturated/α-hetero) is 1. The molecule has 0 aliphatic rings. The zero-order chi connectivity index (χ0) is 24.3. The van der Waals surface area contributed by atoms with Gasteiger partial charge in [-0.15, -0.1) is 17.8 Å². The molecule has 1 unspecified atom stereocenters.